The number of carbonyl (C=O) groups is 1. The number of carbonyl (C=O) groups excluding carboxylic acids is 1. The quantitative estimate of drug-likeness (QED) is 0.876. The fraction of sp³-hybridized carbons (Fsp3) is 0.611. The molecular weight excluding hydrogens is 322 g/mol. The maximum Gasteiger partial charge on any atom is 0.319 e. The Hall–Kier alpha value is -1.40. The van der Waals surface area contributed by atoms with Gasteiger partial charge >= 0.3 is 6.03 Å². The highest BCUT2D eigenvalue weighted by Crippen LogP contribution is 2.26. The second-order valence-corrected chi connectivity index (χ2v) is 7.76. The fourth-order valence-corrected chi connectivity index (χ4v) is 4.26. The van der Waals surface area contributed by atoms with Crippen molar-refractivity contribution in [1.29, 1.82) is 0 Å². The van der Waals surface area contributed by atoms with Crippen LogP contribution in [0.3, 0.4) is 0 Å². The summed E-state index contributed by atoms with van der Waals surface area (Å²) in [6.45, 7) is 7.09. The van der Waals surface area contributed by atoms with Crippen LogP contribution in [0.2, 0.25) is 0 Å². The average Bonchev–Trinajstić information content (AvgIpc) is 3.10. The highest BCUT2D eigenvalue weighted by Gasteiger charge is 2.23. The van der Waals surface area contributed by atoms with Gasteiger partial charge in [0.1, 0.15) is 0 Å². The van der Waals surface area contributed by atoms with Gasteiger partial charge in [0.05, 0.1) is 12.1 Å². The number of aryl methyl sites for hydroxylation is 1. The van der Waals surface area contributed by atoms with E-state index in [1.54, 1.807) is 0 Å². The topological polar surface area (TPSA) is 53.6 Å². The number of nitrogens with one attached hydrogen (secondary N) is 2. The fourth-order valence-electron chi connectivity index (χ4n) is 3.36. The summed E-state index contributed by atoms with van der Waals surface area (Å²) in [6.07, 6.45) is 2.23. The summed E-state index contributed by atoms with van der Waals surface area (Å²) in [7, 11) is 0. The Bertz CT molecular complexity index is 569. The maximum atomic E-state index is 12.2. The first-order valence-corrected chi connectivity index (χ1v) is 9.91. The molecule has 0 bridgehead atoms. The molecule has 2 aliphatic rings. The minimum absolute atomic E-state index is 0.0266. The van der Waals surface area contributed by atoms with E-state index in [4.69, 9.17) is 4.74 Å². The summed E-state index contributed by atoms with van der Waals surface area (Å²) < 4.78 is 5.62. The minimum Gasteiger partial charge on any atom is -0.376 e. The zero-order valence-electron chi connectivity index (χ0n) is 14.5. The Labute approximate surface area is 148 Å². The third-order valence-electron chi connectivity index (χ3n) is 4.69. The van der Waals surface area contributed by atoms with Gasteiger partial charge in [0, 0.05) is 42.6 Å². The lowest BCUT2D eigenvalue weighted by Crippen LogP contribution is -2.43. The molecule has 0 spiro atoms. The summed E-state index contributed by atoms with van der Waals surface area (Å²) in [5.41, 5.74) is 3.31. The molecule has 2 fully saturated rings. The van der Waals surface area contributed by atoms with Crippen LogP contribution in [0.15, 0.2) is 18.2 Å². The average molecular weight is 350 g/mol. The van der Waals surface area contributed by atoms with Crippen LogP contribution in [0, 0.1) is 6.92 Å². The molecule has 1 aromatic carbocycles. The van der Waals surface area contributed by atoms with E-state index in [0.29, 0.717) is 0 Å². The lowest BCUT2D eigenvalue weighted by atomic mass is 10.1. The van der Waals surface area contributed by atoms with Gasteiger partial charge in [-0.3, -0.25) is 0 Å². The first-order valence-electron chi connectivity index (χ1n) is 8.76. The summed E-state index contributed by atoms with van der Waals surface area (Å²) in [4.78, 5) is 14.6. The van der Waals surface area contributed by atoms with E-state index in [1.165, 1.54) is 22.8 Å². The van der Waals surface area contributed by atoms with Crippen LogP contribution in [0.4, 0.5) is 16.2 Å². The van der Waals surface area contributed by atoms with Gasteiger partial charge in [0.2, 0.25) is 0 Å². The molecule has 0 radical (unpaired) electrons. The lowest BCUT2D eigenvalue weighted by molar-refractivity contribution is 0.0868. The van der Waals surface area contributed by atoms with E-state index in [-0.39, 0.29) is 18.2 Å². The number of amides is 2. The number of anilines is 2. The smallest absolute Gasteiger partial charge is 0.319 e. The number of urea groups is 1. The van der Waals surface area contributed by atoms with Crippen molar-refractivity contribution in [2.45, 2.75) is 38.8 Å². The molecule has 2 heterocycles. The number of hydrogen-bond acceptors (Lipinski definition) is 4. The zero-order chi connectivity index (χ0) is 16.9. The van der Waals surface area contributed by atoms with Crippen molar-refractivity contribution in [3.63, 3.8) is 0 Å². The molecule has 0 saturated carbocycles. The van der Waals surface area contributed by atoms with Gasteiger partial charge in [-0.1, -0.05) is 0 Å². The number of nitrogens with zero attached hydrogens (tertiary/aromatic N) is 1. The van der Waals surface area contributed by atoms with Crippen molar-refractivity contribution in [2.24, 2.45) is 0 Å². The summed E-state index contributed by atoms with van der Waals surface area (Å²) in [5.74, 6) is 2.37. The van der Waals surface area contributed by atoms with E-state index in [0.717, 1.165) is 38.2 Å². The number of ether oxygens (including phenoxy) is 1. The van der Waals surface area contributed by atoms with Crippen molar-refractivity contribution in [1.82, 2.24) is 5.32 Å². The molecule has 5 nitrogen and oxygen atoms in total. The normalized spacial score (nSPS) is 22.2. The molecular formula is C18H27N3O2S. The van der Waals surface area contributed by atoms with Crippen molar-refractivity contribution in [3.05, 3.63) is 23.8 Å². The monoisotopic (exact) mass is 349 g/mol. The number of rotatable bonds is 4. The van der Waals surface area contributed by atoms with Crippen LogP contribution in [-0.4, -0.2) is 49.4 Å². The standard InChI is InChI=1S/C18H27N3O2S/c1-13-12-15(5-6-16(13)21-7-10-24-11-8-21)20-18(22)19-14(2)17-4-3-9-23-17/h5-6,12,14,17H,3-4,7-11H2,1-2H3,(H2,19,20,22)/t14-,17+/m0/s1. The molecule has 24 heavy (non-hydrogen) atoms. The zero-order valence-corrected chi connectivity index (χ0v) is 15.3. The van der Waals surface area contributed by atoms with Gasteiger partial charge in [-0.05, 0) is 50.5 Å². The molecule has 2 amide bonds. The SMILES string of the molecule is Cc1cc(NC(=O)N[C@@H](C)[C@H]2CCCO2)ccc1N1CCSCC1. The molecule has 0 unspecified atom stereocenters. The number of hydrogen-bond donors (Lipinski definition) is 2. The van der Waals surface area contributed by atoms with Crippen LogP contribution < -0.4 is 15.5 Å². The van der Waals surface area contributed by atoms with Crippen molar-refractivity contribution >= 4 is 29.2 Å². The van der Waals surface area contributed by atoms with E-state index in [2.05, 4.69) is 28.5 Å². The molecule has 0 aliphatic carbocycles. The van der Waals surface area contributed by atoms with E-state index < -0.39 is 0 Å². The molecule has 132 valence electrons. The molecule has 2 aliphatic heterocycles. The third-order valence-corrected chi connectivity index (χ3v) is 5.63. The Morgan fingerprint density at radius 3 is 2.83 bits per heavy atom. The second kappa shape index (κ2) is 8.12. The van der Waals surface area contributed by atoms with E-state index >= 15 is 0 Å². The van der Waals surface area contributed by atoms with E-state index in [9.17, 15) is 4.79 Å². The van der Waals surface area contributed by atoms with Crippen LogP contribution in [0.25, 0.3) is 0 Å². The lowest BCUT2D eigenvalue weighted by Gasteiger charge is -2.30. The second-order valence-electron chi connectivity index (χ2n) is 6.54. The van der Waals surface area contributed by atoms with Crippen LogP contribution in [0.1, 0.15) is 25.3 Å². The Morgan fingerprint density at radius 2 is 2.17 bits per heavy atom. The van der Waals surface area contributed by atoms with Gasteiger partial charge in [0.25, 0.3) is 0 Å². The first-order chi connectivity index (χ1) is 11.6. The largest absolute Gasteiger partial charge is 0.376 e. The molecule has 3 rings (SSSR count). The number of thioether (sulfide) groups is 1. The van der Waals surface area contributed by atoms with Crippen LogP contribution in [0.5, 0.6) is 0 Å². The van der Waals surface area contributed by atoms with Crippen LogP contribution >= 0.6 is 11.8 Å². The molecule has 1 aromatic rings. The molecule has 2 N–H and O–H groups in total. The van der Waals surface area contributed by atoms with Crippen molar-refractivity contribution in [2.75, 3.05) is 41.4 Å². The van der Waals surface area contributed by atoms with Gasteiger partial charge in [-0.25, -0.2) is 4.79 Å². The predicted molar refractivity (Wildman–Crippen MR) is 101 cm³/mol. The summed E-state index contributed by atoms with van der Waals surface area (Å²) in [5, 5.41) is 5.92. The summed E-state index contributed by atoms with van der Waals surface area (Å²) in [6, 6.07) is 6.01. The maximum absolute atomic E-state index is 12.2. The Balaban J connectivity index is 1.56. The van der Waals surface area contributed by atoms with Gasteiger partial charge in [-0.2, -0.15) is 11.8 Å². The Morgan fingerprint density at radius 1 is 1.38 bits per heavy atom. The van der Waals surface area contributed by atoms with Crippen molar-refractivity contribution in [3.8, 4) is 0 Å². The Kier molecular flexibility index (Phi) is 5.89. The first kappa shape index (κ1) is 17.4. The third kappa shape index (κ3) is 4.36. The molecule has 2 saturated heterocycles. The summed E-state index contributed by atoms with van der Waals surface area (Å²) >= 11 is 2.01. The molecule has 0 aromatic heterocycles. The number of benzene rings is 1. The molecule has 6 heteroatoms. The highest BCUT2D eigenvalue weighted by molar-refractivity contribution is 7.99. The minimum atomic E-state index is -0.167. The highest BCUT2D eigenvalue weighted by atomic mass is 32.2. The predicted octanol–water partition coefficient (Wildman–Crippen LogP) is 3.24. The van der Waals surface area contributed by atoms with Gasteiger partial charge in [0.15, 0.2) is 0 Å². The van der Waals surface area contributed by atoms with Crippen molar-refractivity contribution < 1.29 is 9.53 Å². The molecule has 2 atom stereocenters. The van der Waals surface area contributed by atoms with Gasteiger partial charge in [-0.15, -0.1) is 0 Å². The van der Waals surface area contributed by atoms with Gasteiger partial charge < -0.3 is 20.3 Å². The van der Waals surface area contributed by atoms with E-state index in [1.807, 2.05) is 30.8 Å². The van der Waals surface area contributed by atoms with Crippen LogP contribution in [-0.2, 0) is 4.74 Å².